The molecule has 6 heteroatoms. The molecule has 6 aromatic heterocycles. The Bertz CT molecular complexity index is 2280. The fraction of sp³-hybridized carbons (Fsp3) is 0.163. The van der Waals surface area contributed by atoms with Crippen LogP contribution in [0.2, 0.25) is 0 Å². The van der Waals surface area contributed by atoms with Crippen molar-refractivity contribution < 1.29 is 0 Å². The summed E-state index contributed by atoms with van der Waals surface area (Å²) in [5.74, 6) is 0. The van der Waals surface area contributed by atoms with Gasteiger partial charge in [-0.05, 0) is 115 Å². The molecule has 0 saturated carbocycles. The summed E-state index contributed by atoms with van der Waals surface area (Å²) in [7, 11) is 0. The van der Waals surface area contributed by atoms with E-state index in [-0.39, 0.29) is 0 Å². The lowest BCUT2D eigenvalue weighted by atomic mass is 10.0. The van der Waals surface area contributed by atoms with Gasteiger partial charge in [0.05, 0.1) is 0 Å². The van der Waals surface area contributed by atoms with Gasteiger partial charge in [-0.3, -0.25) is 0 Å². The number of hydrogen-bond donors (Lipinski definition) is 0. The summed E-state index contributed by atoms with van der Waals surface area (Å²) >= 11 is 11.4. The Morgan fingerprint density at radius 3 is 1.14 bits per heavy atom. The summed E-state index contributed by atoms with van der Waals surface area (Å²) in [6.07, 6.45) is 6.51. The second-order valence-electron chi connectivity index (χ2n) is 12.3. The zero-order chi connectivity index (χ0) is 33.2. The van der Waals surface area contributed by atoms with Crippen molar-refractivity contribution in [2.24, 2.45) is 0 Å². The van der Waals surface area contributed by atoms with Crippen LogP contribution in [0.25, 0.3) is 71.0 Å². The Hall–Kier alpha value is -3.36. The second kappa shape index (κ2) is 14.9. The van der Waals surface area contributed by atoms with Gasteiger partial charge in [-0.2, -0.15) is 0 Å². The number of aryl methyl sites for hydroxylation is 2. The molecule has 244 valence electrons. The molecule has 8 rings (SSSR count). The first-order valence-electron chi connectivity index (χ1n) is 16.9. The quantitative estimate of drug-likeness (QED) is 0.109. The molecule has 0 bridgehead atoms. The van der Waals surface area contributed by atoms with E-state index in [9.17, 15) is 0 Å². The van der Waals surface area contributed by atoms with Gasteiger partial charge < -0.3 is 0 Å². The van der Waals surface area contributed by atoms with Gasteiger partial charge >= 0.3 is 0 Å². The van der Waals surface area contributed by atoms with Crippen LogP contribution >= 0.6 is 68.0 Å². The van der Waals surface area contributed by atoms with Gasteiger partial charge in [-0.15, -0.1) is 68.0 Å². The first-order valence-corrected chi connectivity index (χ1v) is 21.8. The molecular formula is C43H36S6. The third kappa shape index (κ3) is 7.41. The van der Waals surface area contributed by atoms with Crippen molar-refractivity contribution in [2.45, 2.75) is 46.0 Å². The lowest BCUT2D eigenvalue weighted by Crippen LogP contribution is -1.80. The average molecular weight is 745 g/mol. The lowest BCUT2D eigenvalue weighted by Gasteiger charge is -2.05. The monoisotopic (exact) mass is 744 g/mol. The molecule has 0 aliphatic heterocycles. The fourth-order valence-corrected chi connectivity index (χ4v) is 12.4. The normalized spacial score (nSPS) is 11.5. The van der Waals surface area contributed by atoms with Gasteiger partial charge in [0.25, 0.3) is 0 Å². The van der Waals surface area contributed by atoms with Gasteiger partial charge in [0.2, 0.25) is 0 Å². The summed E-state index contributed by atoms with van der Waals surface area (Å²) in [4.78, 5) is 16.4. The molecule has 0 aliphatic carbocycles. The summed E-state index contributed by atoms with van der Waals surface area (Å²) in [6.45, 7) is 4.44. The Morgan fingerprint density at radius 2 is 0.694 bits per heavy atom. The molecule has 0 fully saturated rings. The van der Waals surface area contributed by atoms with E-state index in [4.69, 9.17) is 0 Å². The first-order chi connectivity index (χ1) is 24.1. The number of unbranched alkanes of at least 4 members (excludes halogenated alkanes) is 3. The van der Waals surface area contributed by atoms with Crippen LogP contribution in [0, 0.1) is 6.92 Å². The van der Waals surface area contributed by atoms with Crippen LogP contribution < -0.4 is 0 Å². The molecule has 6 heterocycles. The zero-order valence-electron chi connectivity index (χ0n) is 27.5. The van der Waals surface area contributed by atoms with E-state index in [1.807, 2.05) is 68.0 Å². The highest BCUT2D eigenvalue weighted by molar-refractivity contribution is 7.30. The van der Waals surface area contributed by atoms with E-state index in [1.54, 1.807) is 0 Å². The average Bonchev–Trinajstić information content (AvgIpc) is 3.98. The smallest absolute Gasteiger partial charge is 0.0449 e. The molecule has 49 heavy (non-hydrogen) atoms. The molecule has 0 radical (unpaired) electrons. The molecule has 0 nitrogen and oxygen atoms in total. The second-order valence-corrected chi connectivity index (χ2v) is 19.1. The highest BCUT2D eigenvalue weighted by Gasteiger charge is 2.14. The van der Waals surface area contributed by atoms with E-state index in [1.165, 1.54) is 113 Å². The van der Waals surface area contributed by atoms with E-state index >= 15 is 0 Å². The molecule has 0 aliphatic rings. The van der Waals surface area contributed by atoms with Crippen LogP contribution in [-0.4, -0.2) is 0 Å². The van der Waals surface area contributed by atoms with E-state index in [2.05, 4.69) is 135 Å². The van der Waals surface area contributed by atoms with Crippen LogP contribution in [0.3, 0.4) is 0 Å². The van der Waals surface area contributed by atoms with Gasteiger partial charge in [0.1, 0.15) is 0 Å². The minimum atomic E-state index is 1.21. The van der Waals surface area contributed by atoms with Crippen LogP contribution in [0.1, 0.15) is 42.4 Å². The molecule has 0 atom stereocenters. The largest absolute Gasteiger partial charge is 0.141 e. The summed E-state index contributed by atoms with van der Waals surface area (Å²) in [6, 6.07) is 45.4. The predicted molar refractivity (Wildman–Crippen MR) is 224 cm³/mol. The van der Waals surface area contributed by atoms with Crippen LogP contribution in [-0.2, 0) is 6.42 Å². The van der Waals surface area contributed by atoms with Gasteiger partial charge in [0, 0.05) is 58.5 Å². The minimum Gasteiger partial charge on any atom is -0.141 e. The van der Waals surface area contributed by atoms with Gasteiger partial charge in [-0.1, -0.05) is 74.7 Å². The Balaban J connectivity index is 0.920. The van der Waals surface area contributed by atoms with Crippen LogP contribution in [0.4, 0.5) is 0 Å². The zero-order valence-corrected chi connectivity index (χ0v) is 32.4. The van der Waals surface area contributed by atoms with E-state index in [0.717, 1.165) is 0 Å². The van der Waals surface area contributed by atoms with Crippen molar-refractivity contribution in [3.63, 3.8) is 0 Å². The highest BCUT2D eigenvalue weighted by atomic mass is 32.1. The van der Waals surface area contributed by atoms with Gasteiger partial charge in [-0.25, -0.2) is 0 Å². The van der Waals surface area contributed by atoms with Gasteiger partial charge in [0.15, 0.2) is 0 Å². The first kappa shape index (κ1) is 32.8. The summed E-state index contributed by atoms with van der Waals surface area (Å²) in [5.41, 5.74) is 5.06. The molecule has 0 spiro atoms. The molecular weight excluding hydrogens is 709 g/mol. The SMILES string of the molecule is CCCCCCc1ccc(-c2ccc(-c3ccc(-c4ccc(-c5ccc(-c6ccc(-c7ccc(-c8ccc(C)s8)cc7)cc6)s5)s4)s3)s2)s1. The molecule has 8 aromatic rings. The number of thiophene rings is 6. The van der Waals surface area contributed by atoms with E-state index < -0.39 is 0 Å². The maximum absolute atomic E-state index is 2.34. The number of hydrogen-bond acceptors (Lipinski definition) is 6. The Kier molecular flexibility index (Phi) is 9.95. The summed E-state index contributed by atoms with van der Waals surface area (Å²) in [5, 5.41) is 0. The topological polar surface area (TPSA) is 0 Å². The number of rotatable bonds is 12. The standard InChI is InChI=1S/C43H36S6/c1-3-4-5-6-7-33-17-19-36(45-33)37-22-23-40(47-37)41-26-27-43(49-41)42-25-24-39(48-42)38-21-20-35(46-38)32-15-11-30(12-16-32)29-9-13-31(14-10-29)34-18-8-28(2)44-34/h8-27H,3-7H2,1-2H3. The van der Waals surface area contributed by atoms with Crippen molar-refractivity contribution >= 4 is 68.0 Å². The van der Waals surface area contributed by atoms with Crippen molar-refractivity contribution in [3.05, 3.63) is 131 Å². The van der Waals surface area contributed by atoms with Crippen molar-refractivity contribution in [3.8, 4) is 71.0 Å². The third-order valence-corrected chi connectivity index (χ3v) is 16.1. The fourth-order valence-electron chi connectivity index (χ4n) is 6.05. The van der Waals surface area contributed by atoms with Crippen molar-refractivity contribution in [2.75, 3.05) is 0 Å². The maximum Gasteiger partial charge on any atom is 0.0449 e. The maximum atomic E-state index is 2.34. The van der Waals surface area contributed by atoms with Crippen LogP contribution in [0.15, 0.2) is 121 Å². The van der Waals surface area contributed by atoms with Crippen LogP contribution in [0.5, 0.6) is 0 Å². The Morgan fingerprint density at radius 1 is 0.327 bits per heavy atom. The minimum absolute atomic E-state index is 1.21. The van der Waals surface area contributed by atoms with Crippen molar-refractivity contribution in [1.82, 2.24) is 0 Å². The molecule has 0 amide bonds. The predicted octanol–water partition coefficient (Wildman–Crippen LogP) is 16.2. The highest BCUT2D eigenvalue weighted by Crippen LogP contribution is 2.45. The van der Waals surface area contributed by atoms with E-state index in [0.29, 0.717) is 0 Å². The molecule has 0 N–H and O–H groups in total. The van der Waals surface area contributed by atoms with Crippen molar-refractivity contribution in [1.29, 1.82) is 0 Å². The molecule has 0 unspecified atom stereocenters. The molecule has 0 saturated heterocycles. The summed E-state index contributed by atoms with van der Waals surface area (Å²) < 4.78 is 0. The number of benzene rings is 2. The lowest BCUT2D eigenvalue weighted by molar-refractivity contribution is 0.670. The Labute approximate surface area is 313 Å². The molecule has 2 aromatic carbocycles. The third-order valence-electron chi connectivity index (χ3n) is 8.75.